The lowest BCUT2D eigenvalue weighted by Gasteiger charge is -2.22. The quantitative estimate of drug-likeness (QED) is 0.902. The Morgan fingerprint density at radius 2 is 2.00 bits per heavy atom. The second-order valence-corrected chi connectivity index (χ2v) is 5.21. The first kappa shape index (κ1) is 16.0. The Morgan fingerprint density at radius 3 is 2.53 bits per heavy atom. The van der Waals surface area contributed by atoms with Crippen molar-refractivity contribution in [2.24, 2.45) is 5.73 Å². The van der Waals surface area contributed by atoms with Crippen molar-refractivity contribution in [3.05, 3.63) is 34.9 Å². The molecule has 0 saturated heterocycles. The number of halogens is 1. The van der Waals surface area contributed by atoms with Gasteiger partial charge in [0, 0.05) is 25.6 Å². The summed E-state index contributed by atoms with van der Waals surface area (Å²) in [6, 6.07) is 6.88. The molecule has 0 bridgehead atoms. The highest BCUT2D eigenvalue weighted by atomic mass is 35.5. The molecule has 1 fully saturated rings. The normalized spacial score (nSPS) is 13.8. The highest BCUT2D eigenvalue weighted by Crippen LogP contribution is 2.29. The Hall–Kier alpha value is -1.06. The fourth-order valence-corrected chi connectivity index (χ4v) is 2.17. The van der Waals surface area contributed by atoms with E-state index in [9.17, 15) is 4.79 Å². The van der Waals surface area contributed by atoms with E-state index >= 15 is 0 Å². The predicted octanol–water partition coefficient (Wildman–Crippen LogP) is 2.57. The Balaban J connectivity index is 0.00000180. The van der Waals surface area contributed by atoms with Crippen LogP contribution in [0.1, 0.15) is 36.0 Å². The van der Waals surface area contributed by atoms with Gasteiger partial charge in [-0.15, -0.1) is 12.4 Å². The molecule has 1 saturated carbocycles. The van der Waals surface area contributed by atoms with Crippen LogP contribution < -0.4 is 5.73 Å². The lowest BCUT2D eigenvalue weighted by molar-refractivity contribution is -0.132. The number of benzene rings is 1. The third-order valence-electron chi connectivity index (χ3n) is 3.59. The number of aryl methyl sites for hydroxylation is 2. The average molecular weight is 283 g/mol. The van der Waals surface area contributed by atoms with Crippen LogP contribution in [0.15, 0.2) is 18.2 Å². The van der Waals surface area contributed by atoms with Gasteiger partial charge in [-0.25, -0.2) is 0 Å². The number of nitrogens with two attached hydrogens (primary N) is 1. The minimum atomic E-state index is 0. The highest BCUT2D eigenvalue weighted by molar-refractivity contribution is 5.85. The molecule has 1 aliphatic rings. The number of carbonyl (C=O) groups excluding carboxylic acids is 1. The number of hydrogen-bond acceptors (Lipinski definition) is 2. The molecule has 0 unspecified atom stereocenters. The van der Waals surface area contributed by atoms with Crippen molar-refractivity contribution in [3.63, 3.8) is 0 Å². The molecule has 0 heterocycles. The molecule has 0 radical (unpaired) electrons. The minimum Gasteiger partial charge on any atom is -0.335 e. The summed E-state index contributed by atoms with van der Waals surface area (Å²) in [5.41, 5.74) is 9.28. The second-order valence-electron chi connectivity index (χ2n) is 5.21. The number of carbonyl (C=O) groups is 1. The maximum absolute atomic E-state index is 12.0. The van der Waals surface area contributed by atoms with Gasteiger partial charge in [0.25, 0.3) is 0 Å². The van der Waals surface area contributed by atoms with E-state index in [-0.39, 0.29) is 18.3 Å². The summed E-state index contributed by atoms with van der Waals surface area (Å²) in [6.07, 6.45) is 2.74. The van der Waals surface area contributed by atoms with E-state index in [2.05, 4.69) is 32.0 Å². The molecule has 0 spiro atoms. The SMILES string of the molecule is Cc1ccc(CN(C(=O)CCN)C2CC2)cc1C.Cl. The molecule has 19 heavy (non-hydrogen) atoms. The fraction of sp³-hybridized carbons (Fsp3) is 0.533. The van der Waals surface area contributed by atoms with Crippen LogP contribution in [0.2, 0.25) is 0 Å². The Morgan fingerprint density at radius 1 is 1.32 bits per heavy atom. The summed E-state index contributed by atoms with van der Waals surface area (Å²) in [6.45, 7) is 5.39. The molecule has 1 aromatic rings. The number of nitrogens with zero attached hydrogens (tertiary/aromatic N) is 1. The van der Waals surface area contributed by atoms with Gasteiger partial charge in [0.05, 0.1) is 0 Å². The van der Waals surface area contributed by atoms with Gasteiger partial charge in [0.15, 0.2) is 0 Å². The van der Waals surface area contributed by atoms with Gasteiger partial charge in [-0.3, -0.25) is 4.79 Å². The van der Waals surface area contributed by atoms with Gasteiger partial charge in [-0.2, -0.15) is 0 Å². The molecule has 0 aromatic heterocycles. The third-order valence-corrected chi connectivity index (χ3v) is 3.59. The van der Waals surface area contributed by atoms with Crippen LogP contribution in [0.25, 0.3) is 0 Å². The van der Waals surface area contributed by atoms with Crippen molar-refractivity contribution in [2.45, 2.75) is 45.7 Å². The molecule has 106 valence electrons. The van der Waals surface area contributed by atoms with Crippen molar-refractivity contribution in [2.75, 3.05) is 6.54 Å². The average Bonchev–Trinajstić information content (AvgIpc) is 3.15. The van der Waals surface area contributed by atoms with Gasteiger partial charge in [-0.1, -0.05) is 18.2 Å². The fourth-order valence-electron chi connectivity index (χ4n) is 2.17. The first-order valence-electron chi connectivity index (χ1n) is 6.67. The summed E-state index contributed by atoms with van der Waals surface area (Å²) in [7, 11) is 0. The molecule has 1 aliphatic carbocycles. The van der Waals surface area contributed by atoms with Crippen molar-refractivity contribution in [3.8, 4) is 0 Å². The molecular formula is C15H23ClN2O. The van der Waals surface area contributed by atoms with Crippen LogP contribution in [0.3, 0.4) is 0 Å². The van der Waals surface area contributed by atoms with E-state index in [1.807, 2.05) is 4.90 Å². The van der Waals surface area contributed by atoms with Crippen molar-refractivity contribution in [1.29, 1.82) is 0 Å². The summed E-state index contributed by atoms with van der Waals surface area (Å²) in [5, 5.41) is 0. The van der Waals surface area contributed by atoms with E-state index in [4.69, 9.17) is 5.73 Å². The maximum atomic E-state index is 12.0. The molecule has 0 aliphatic heterocycles. The zero-order valence-electron chi connectivity index (χ0n) is 11.7. The zero-order chi connectivity index (χ0) is 13.1. The Bertz CT molecular complexity index is 444. The van der Waals surface area contributed by atoms with E-state index < -0.39 is 0 Å². The Labute approximate surface area is 121 Å². The monoisotopic (exact) mass is 282 g/mol. The van der Waals surface area contributed by atoms with Gasteiger partial charge in [0.2, 0.25) is 5.91 Å². The van der Waals surface area contributed by atoms with Crippen LogP contribution in [-0.2, 0) is 11.3 Å². The van der Waals surface area contributed by atoms with Crippen LogP contribution in [0, 0.1) is 13.8 Å². The molecule has 1 amide bonds. The van der Waals surface area contributed by atoms with Gasteiger partial charge in [0.1, 0.15) is 0 Å². The Kier molecular flexibility index (Phi) is 5.83. The summed E-state index contributed by atoms with van der Waals surface area (Å²) < 4.78 is 0. The van der Waals surface area contributed by atoms with Crippen LogP contribution in [-0.4, -0.2) is 23.4 Å². The van der Waals surface area contributed by atoms with Crippen molar-refractivity contribution in [1.82, 2.24) is 4.90 Å². The number of amides is 1. The standard InChI is InChI=1S/C15H22N2O.ClH/c1-11-3-4-13(9-12(11)2)10-17(14-5-6-14)15(18)7-8-16;/h3-4,9,14H,5-8,10,16H2,1-2H3;1H. The molecule has 2 N–H and O–H groups in total. The molecule has 1 aromatic carbocycles. The molecule has 3 nitrogen and oxygen atoms in total. The van der Waals surface area contributed by atoms with Gasteiger partial charge < -0.3 is 10.6 Å². The van der Waals surface area contributed by atoms with E-state index in [1.54, 1.807) is 0 Å². The van der Waals surface area contributed by atoms with E-state index in [0.717, 1.165) is 19.4 Å². The largest absolute Gasteiger partial charge is 0.335 e. The van der Waals surface area contributed by atoms with Crippen LogP contribution in [0.4, 0.5) is 0 Å². The first-order valence-corrected chi connectivity index (χ1v) is 6.67. The van der Waals surface area contributed by atoms with Gasteiger partial charge in [-0.05, 0) is 43.4 Å². The summed E-state index contributed by atoms with van der Waals surface area (Å²) >= 11 is 0. The lowest BCUT2D eigenvalue weighted by atomic mass is 10.1. The summed E-state index contributed by atoms with van der Waals surface area (Å²) in [4.78, 5) is 14.0. The van der Waals surface area contributed by atoms with Crippen molar-refractivity contribution < 1.29 is 4.79 Å². The second kappa shape index (κ2) is 6.92. The van der Waals surface area contributed by atoms with Crippen LogP contribution in [0.5, 0.6) is 0 Å². The predicted molar refractivity (Wildman–Crippen MR) is 80.4 cm³/mol. The summed E-state index contributed by atoms with van der Waals surface area (Å²) in [5.74, 6) is 0.193. The van der Waals surface area contributed by atoms with Crippen LogP contribution >= 0.6 is 12.4 Å². The van der Waals surface area contributed by atoms with E-state index in [1.165, 1.54) is 16.7 Å². The number of hydrogen-bond donors (Lipinski definition) is 1. The first-order chi connectivity index (χ1) is 8.61. The molecule has 4 heteroatoms. The highest BCUT2D eigenvalue weighted by Gasteiger charge is 2.31. The number of rotatable bonds is 5. The maximum Gasteiger partial charge on any atom is 0.224 e. The molecule has 2 rings (SSSR count). The topological polar surface area (TPSA) is 46.3 Å². The smallest absolute Gasteiger partial charge is 0.224 e. The molecular weight excluding hydrogens is 260 g/mol. The zero-order valence-corrected chi connectivity index (χ0v) is 12.5. The third kappa shape index (κ3) is 4.22. The minimum absolute atomic E-state index is 0. The lowest BCUT2D eigenvalue weighted by Crippen LogP contribution is -2.33. The van der Waals surface area contributed by atoms with E-state index in [0.29, 0.717) is 19.0 Å². The van der Waals surface area contributed by atoms with Gasteiger partial charge >= 0.3 is 0 Å². The molecule has 0 atom stereocenters. The van der Waals surface area contributed by atoms with Crippen molar-refractivity contribution >= 4 is 18.3 Å².